The Morgan fingerprint density at radius 1 is 1.47 bits per heavy atom. The van der Waals surface area contributed by atoms with Gasteiger partial charge in [-0.3, -0.25) is 10.1 Å². The SMILES string of the molecule is CSOOc1ccc(C(=CC2CCCC2)C(=O)Nc2nc(C(O)CO)cs2)cc1Cl. The van der Waals surface area contributed by atoms with Crippen molar-refractivity contribution in [3.05, 3.63) is 45.9 Å². The van der Waals surface area contributed by atoms with Crippen LogP contribution in [0.15, 0.2) is 29.7 Å². The summed E-state index contributed by atoms with van der Waals surface area (Å²) in [5.74, 6) is 0.368. The van der Waals surface area contributed by atoms with Crippen LogP contribution in [0, 0.1) is 5.92 Å². The van der Waals surface area contributed by atoms with Crippen molar-refractivity contribution in [1.29, 1.82) is 0 Å². The lowest BCUT2D eigenvalue weighted by atomic mass is 9.98. The number of amides is 1. The molecule has 1 aliphatic carbocycles. The molecule has 1 fully saturated rings. The van der Waals surface area contributed by atoms with Gasteiger partial charge in [0.25, 0.3) is 5.91 Å². The number of hydrogen-bond acceptors (Lipinski definition) is 8. The number of rotatable bonds is 9. The molecule has 1 saturated carbocycles. The van der Waals surface area contributed by atoms with Gasteiger partial charge >= 0.3 is 0 Å². The molecule has 7 nitrogen and oxygen atoms in total. The van der Waals surface area contributed by atoms with Gasteiger partial charge in [0.15, 0.2) is 10.9 Å². The number of aliphatic hydroxyl groups excluding tert-OH is 2. The van der Waals surface area contributed by atoms with Crippen LogP contribution in [0.3, 0.4) is 0 Å². The molecule has 2 aromatic rings. The van der Waals surface area contributed by atoms with Gasteiger partial charge < -0.3 is 15.1 Å². The molecule has 1 aromatic heterocycles. The number of nitrogens with one attached hydrogen (secondary N) is 1. The Hall–Kier alpha value is -1.62. The van der Waals surface area contributed by atoms with Crippen LogP contribution in [0.1, 0.15) is 43.0 Å². The molecule has 1 unspecified atom stereocenters. The Morgan fingerprint density at radius 2 is 2.23 bits per heavy atom. The van der Waals surface area contributed by atoms with E-state index in [1.165, 1.54) is 11.3 Å². The second-order valence-corrected chi connectivity index (χ2v) is 8.55. The number of halogens is 1. The number of aliphatic hydroxyl groups is 2. The van der Waals surface area contributed by atoms with Gasteiger partial charge in [-0.15, -0.1) is 15.7 Å². The molecule has 1 aromatic carbocycles. The van der Waals surface area contributed by atoms with Gasteiger partial charge in [-0.2, -0.15) is 0 Å². The molecule has 3 N–H and O–H groups in total. The molecule has 30 heavy (non-hydrogen) atoms. The molecule has 0 saturated heterocycles. The second-order valence-electron chi connectivity index (χ2n) is 6.82. The minimum Gasteiger partial charge on any atom is -0.393 e. The second kappa shape index (κ2) is 11.1. The standard InChI is InChI=1S/C20H23ClN2O5S2/c1-29-28-27-18-7-6-13(9-15(18)21)14(8-12-4-2-3-5-12)19(26)23-20-22-16(11-30-20)17(25)10-24/h6-9,11-12,17,24-25H,2-5,10H2,1H3,(H,22,23,26). The van der Waals surface area contributed by atoms with Crippen LogP contribution in [-0.2, 0) is 9.13 Å². The van der Waals surface area contributed by atoms with Crippen LogP contribution in [0.25, 0.3) is 5.57 Å². The van der Waals surface area contributed by atoms with Crippen molar-refractivity contribution in [3.8, 4) is 5.75 Å². The first-order chi connectivity index (χ1) is 14.5. The maximum atomic E-state index is 13.1. The van der Waals surface area contributed by atoms with Gasteiger partial charge in [0.1, 0.15) is 6.10 Å². The van der Waals surface area contributed by atoms with Gasteiger partial charge in [0.05, 0.1) is 17.3 Å². The predicted octanol–water partition coefficient (Wildman–Crippen LogP) is 4.62. The van der Waals surface area contributed by atoms with Gasteiger partial charge in [0, 0.05) is 29.3 Å². The first-order valence-electron chi connectivity index (χ1n) is 9.46. The Balaban J connectivity index is 1.84. The summed E-state index contributed by atoms with van der Waals surface area (Å²) in [7, 11) is 0. The third-order valence-electron chi connectivity index (χ3n) is 4.74. The highest BCUT2D eigenvalue weighted by Crippen LogP contribution is 2.33. The zero-order valence-electron chi connectivity index (χ0n) is 16.3. The molecule has 0 aliphatic heterocycles. The number of carbonyl (C=O) groups is 1. The zero-order chi connectivity index (χ0) is 21.5. The molecule has 0 spiro atoms. The number of nitrogens with zero attached hydrogens (tertiary/aromatic N) is 1. The lowest BCUT2D eigenvalue weighted by molar-refractivity contribution is -0.111. The van der Waals surface area contributed by atoms with E-state index in [2.05, 4.69) is 10.3 Å². The third-order valence-corrected chi connectivity index (χ3v) is 6.01. The van der Waals surface area contributed by atoms with E-state index in [9.17, 15) is 9.90 Å². The van der Waals surface area contributed by atoms with Crippen molar-refractivity contribution in [3.63, 3.8) is 0 Å². The molecular formula is C20H23ClN2O5S2. The fourth-order valence-electron chi connectivity index (χ4n) is 3.22. The maximum absolute atomic E-state index is 13.1. The van der Waals surface area contributed by atoms with E-state index < -0.39 is 12.7 Å². The lowest BCUT2D eigenvalue weighted by Gasteiger charge is -2.12. The summed E-state index contributed by atoms with van der Waals surface area (Å²) in [6.07, 6.45) is 7.00. The molecule has 3 rings (SSSR count). The molecule has 1 amide bonds. The molecule has 0 bridgehead atoms. The molecule has 1 aliphatic rings. The van der Waals surface area contributed by atoms with Crippen LogP contribution < -0.4 is 10.2 Å². The van der Waals surface area contributed by atoms with Crippen LogP contribution in [0.4, 0.5) is 5.13 Å². The Bertz CT molecular complexity index is 899. The smallest absolute Gasteiger partial charge is 0.257 e. The monoisotopic (exact) mass is 470 g/mol. The fourth-order valence-corrected chi connectivity index (χ4v) is 4.33. The highest BCUT2D eigenvalue weighted by atomic mass is 35.5. The Kier molecular flexibility index (Phi) is 8.55. The van der Waals surface area contributed by atoms with Gasteiger partial charge in [-0.05, 0) is 36.5 Å². The molecule has 0 radical (unpaired) electrons. The zero-order valence-corrected chi connectivity index (χ0v) is 18.7. The average Bonchev–Trinajstić information content (AvgIpc) is 3.42. The maximum Gasteiger partial charge on any atom is 0.257 e. The summed E-state index contributed by atoms with van der Waals surface area (Å²) in [6.45, 7) is -0.433. The highest BCUT2D eigenvalue weighted by molar-refractivity contribution is 7.93. The first kappa shape index (κ1) is 23.1. The quantitative estimate of drug-likeness (QED) is 0.213. The van der Waals surface area contributed by atoms with Crippen LogP contribution >= 0.6 is 35.0 Å². The van der Waals surface area contributed by atoms with E-state index in [1.54, 1.807) is 29.8 Å². The van der Waals surface area contributed by atoms with E-state index in [1.807, 2.05) is 6.08 Å². The fraction of sp³-hybridized carbons (Fsp3) is 0.400. The highest BCUT2D eigenvalue weighted by Gasteiger charge is 2.21. The van der Waals surface area contributed by atoms with E-state index in [0.717, 1.165) is 37.7 Å². The van der Waals surface area contributed by atoms with Crippen molar-refractivity contribution >= 4 is 51.6 Å². The van der Waals surface area contributed by atoms with Gasteiger partial charge in [-0.1, -0.05) is 36.6 Å². The number of hydrogen-bond donors (Lipinski definition) is 3. The molecule has 1 atom stereocenters. The molecule has 10 heteroatoms. The van der Waals surface area contributed by atoms with Crippen molar-refractivity contribution < 1.29 is 24.2 Å². The van der Waals surface area contributed by atoms with Crippen LogP contribution in [-0.4, -0.2) is 34.0 Å². The number of aromatic nitrogens is 1. The summed E-state index contributed by atoms with van der Waals surface area (Å²) in [5.41, 5.74) is 1.48. The summed E-state index contributed by atoms with van der Waals surface area (Å²) in [4.78, 5) is 22.4. The van der Waals surface area contributed by atoms with E-state index in [4.69, 9.17) is 25.9 Å². The molecule has 1 heterocycles. The molecule has 162 valence electrons. The van der Waals surface area contributed by atoms with Crippen LogP contribution in [0.5, 0.6) is 5.75 Å². The summed E-state index contributed by atoms with van der Waals surface area (Å²) in [6, 6.07) is 5.08. The Labute approximate surface area is 188 Å². The average molecular weight is 471 g/mol. The van der Waals surface area contributed by atoms with Crippen molar-refractivity contribution in [2.24, 2.45) is 5.92 Å². The van der Waals surface area contributed by atoms with E-state index in [-0.39, 0.29) is 5.91 Å². The van der Waals surface area contributed by atoms with Gasteiger partial charge in [-0.25, -0.2) is 4.98 Å². The minimum atomic E-state index is -1.07. The largest absolute Gasteiger partial charge is 0.393 e. The minimum absolute atomic E-state index is 0.314. The number of carbonyl (C=O) groups excluding carboxylic acids is 1. The predicted molar refractivity (Wildman–Crippen MR) is 119 cm³/mol. The van der Waals surface area contributed by atoms with E-state index >= 15 is 0 Å². The van der Waals surface area contributed by atoms with Crippen molar-refractivity contribution in [2.45, 2.75) is 31.8 Å². The number of thiazole rings is 1. The van der Waals surface area contributed by atoms with Gasteiger partial charge in [0.2, 0.25) is 0 Å². The number of allylic oxidation sites excluding steroid dienone is 1. The molecular weight excluding hydrogens is 448 g/mol. The van der Waals surface area contributed by atoms with E-state index in [0.29, 0.717) is 38.7 Å². The lowest BCUT2D eigenvalue weighted by Crippen LogP contribution is -2.15. The summed E-state index contributed by atoms with van der Waals surface area (Å²) in [5, 5.41) is 23.8. The first-order valence-corrected chi connectivity index (χ1v) is 11.9. The normalized spacial score (nSPS) is 15.9. The van der Waals surface area contributed by atoms with Crippen molar-refractivity contribution in [1.82, 2.24) is 4.98 Å². The topological polar surface area (TPSA) is 101 Å². The van der Waals surface area contributed by atoms with Crippen LogP contribution in [0.2, 0.25) is 5.02 Å². The summed E-state index contributed by atoms with van der Waals surface area (Å²) < 4.78 is 4.86. The Morgan fingerprint density at radius 3 is 2.90 bits per heavy atom. The third kappa shape index (κ3) is 5.96. The van der Waals surface area contributed by atoms with Crippen molar-refractivity contribution in [2.75, 3.05) is 18.2 Å². The number of anilines is 1. The summed E-state index contributed by atoms with van der Waals surface area (Å²) >= 11 is 8.55. The number of benzene rings is 1.